The molecular weight excluding hydrogens is 281 g/mol. The molecule has 2 atom stereocenters. The fourth-order valence-electron chi connectivity index (χ4n) is 1.52. The van der Waals surface area contributed by atoms with Crippen molar-refractivity contribution >= 4 is 19.9 Å². The molecule has 104 valence electrons. The lowest BCUT2D eigenvalue weighted by molar-refractivity contribution is 0.0960. The molecule has 0 aliphatic carbocycles. The van der Waals surface area contributed by atoms with Crippen molar-refractivity contribution in [2.75, 3.05) is 0 Å². The lowest BCUT2D eigenvalue weighted by Crippen LogP contribution is -2.24. The number of aliphatic hydroxyl groups is 1. The summed E-state index contributed by atoms with van der Waals surface area (Å²) in [7, 11) is -2.87. The van der Waals surface area contributed by atoms with Crippen molar-refractivity contribution in [2.24, 2.45) is 5.92 Å². The van der Waals surface area contributed by atoms with Crippen LogP contribution in [-0.2, 0) is 4.57 Å². The third kappa shape index (κ3) is 6.37. The van der Waals surface area contributed by atoms with E-state index < -0.39 is 19.7 Å². The van der Waals surface area contributed by atoms with E-state index in [1.807, 2.05) is 13.8 Å². The molecule has 7 nitrogen and oxygen atoms in total. The second-order valence-corrected chi connectivity index (χ2v) is 4.57. The van der Waals surface area contributed by atoms with Gasteiger partial charge in [-0.3, -0.25) is 5.10 Å². The summed E-state index contributed by atoms with van der Waals surface area (Å²) >= 11 is 6.07. The molecule has 2 unspecified atom stereocenters. The smallest absolute Gasteiger partial charge is 0.391 e. The Morgan fingerprint density at radius 2 is 1.94 bits per heavy atom. The molecule has 0 amide bonds. The van der Waals surface area contributed by atoms with E-state index >= 15 is 0 Å². The van der Waals surface area contributed by atoms with Crippen LogP contribution in [0.25, 0.3) is 0 Å². The number of nitrogens with one attached hydrogen (secondary N) is 1. The normalized spacial score (nSPS) is 13.7. The third-order valence-electron chi connectivity index (χ3n) is 2.53. The van der Waals surface area contributed by atoms with Gasteiger partial charge in [0.25, 0.3) is 0 Å². The Balaban J connectivity index is 0.000000631. The van der Waals surface area contributed by atoms with Crippen molar-refractivity contribution in [2.45, 2.75) is 38.2 Å². The number of aromatic amines is 1. The Hall–Kier alpha value is -0.590. The molecule has 1 aromatic rings. The van der Waals surface area contributed by atoms with E-state index in [-0.39, 0.29) is 5.92 Å². The maximum absolute atomic E-state index is 9.93. The summed E-state index contributed by atoms with van der Waals surface area (Å²) in [6.07, 6.45) is 2.65. The van der Waals surface area contributed by atoms with Gasteiger partial charge in [-0.1, -0.05) is 26.7 Å². The molecule has 4 N–H and O–H groups in total. The third-order valence-corrected chi connectivity index (χ3v) is 2.99. The van der Waals surface area contributed by atoms with Gasteiger partial charge in [0.05, 0.1) is 6.10 Å². The summed E-state index contributed by atoms with van der Waals surface area (Å²) in [6.45, 7) is 4.09. The first-order valence-corrected chi connectivity index (χ1v) is 7.06. The van der Waals surface area contributed by atoms with E-state index in [1.165, 1.54) is 6.33 Å². The molecule has 0 saturated heterocycles. The first-order chi connectivity index (χ1) is 8.43. The molecule has 1 aromatic heterocycles. The minimum Gasteiger partial charge on any atom is -0.391 e. The lowest BCUT2D eigenvalue weighted by atomic mass is 9.94. The number of hydrogen-bond acceptors (Lipinski definition) is 4. The SMILES string of the molecule is CCC(CC)C(O)C(Cl)c1ncn[nH]1.O=[P+](O)O. The van der Waals surface area contributed by atoms with Crippen LogP contribution in [0.15, 0.2) is 6.33 Å². The van der Waals surface area contributed by atoms with Crippen molar-refractivity contribution in [1.82, 2.24) is 15.2 Å². The minimum atomic E-state index is -2.87. The number of nitrogens with zero attached hydrogens (tertiary/aromatic N) is 2. The monoisotopic (exact) mass is 298 g/mol. The summed E-state index contributed by atoms with van der Waals surface area (Å²) in [5.74, 6) is 0.744. The zero-order valence-electron chi connectivity index (χ0n) is 10.2. The van der Waals surface area contributed by atoms with Gasteiger partial charge in [-0.2, -0.15) is 5.10 Å². The highest BCUT2D eigenvalue weighted by Gasteiger charge is 2.26. The van der Waals surface area contributed by atoms with Crippen LogP contribution in [0.2, 0.25) is 0 Å². The maximum atomic E-state index is 9.93. The second kappa shape index (κ2) is 9.35. The van der Waals surface area contributed by atoms with E-state index in [4.69, 9.17) is 26.0 Å². The van der Waals surface area contributed by atoms with Crippen molar-refractivity contribution in [3.63, 3.8) is 0 Å². The van der Waals surface area contributed by atoms with Gasteiger partial charge in [0.15, 0.2) is 0 Å². The Kier molecular flexibility index (Phi) is 9.05. The topological polar surface area (TPSA) is 119 Å². The molecule has 9 heteroatoms. The van der Waals surface area contributed by atoms with Gasteiger partial charge in [0.2, 0.25) is 0 Å². The Morgan fingerprint density at radius 1 is 1.44 bits per heavy atom. The minimum absolute atomic E-state index is 0.211. The number of H-pyrrole nitrogens is 1. The van der Waals surface area contributed by atoms with Crippen LogP contribution in [0.4, 0.5) is 0 Å². The zero-order chi connectivity index (χ0) is 14.1. The molecule has 1 rings (SSSR count). The van der Waals surface area contributed by atoms with Gasteiger partial charge in [0, 0.05) is 4.57 Å². The largest absolute Gasteiger partial charge is 0.692 e. The highest BCUT2D eigenvalue weighted by Crippen LogP contribution is 2.28. The van der Waals surface area contributed by atoms with Gasteiger partial charge < -0.3 is 5.11 Å². The first kappa shape index (κ1) is 17.4. The summed E-state index contributed by atoms with van der Waals surface area (Å²) in [6, 6.07) is 0. The van der Waals surface area contributed by atoms with Gasteiger partial charge in [-0.15, -0.1) is 21.4 Å². The summed E-state index contributed by atoms with van der Waals surface area (Å²) < 4.78 is 8.70. The van der Waals surface area contributed by atoms with E-state index in [0.717, 1.165) is 12.8 Å². The van der Waals surface area contributed by atoms with Gasteiger partial charge >= 0.3 is 8.25 Å². The first-order valence-electron chi connectivity index (χ1n) is 5.46. The Bertz CT molecular complexity index is 331. The number of halogens is 1. The molecule has 1 heterocycles. The molecule has 0 radical (unpaired) electrons. The van der Waals surface area contributed by atoms with Crippen molar-refractivity contribution in [3.8, 4) is 0 Å². The number of rotatable bonds is 5. The highest BCUT2D eigenvalue weighted by molar-refractivity contribution is 7.30. The Morgan fingerprint density at radius 3 is 2.28 bits per heavy atom. The standard InChI is InChI=1S/C9H16ClN3O.HO3P/c1-3-6(4-2)8(14)7(10)9-11-5-12-13-9;1-4(2)3/h5-8,14H,3-4H2,1-2H3,(H,11,12,13);(H-,1,2,3)/p+1. The molecule has 18 heavy (non-hydrogen) atoms. The van der Waals surface area contributed by atoms with Crippen LogP contribution in [0, 0.1) is 5.92 Å². The quantitative estimate of drug-likeness (QED) is 0.483. The van der Waals surface area contributed by atoms with Crippen LogP contribution in [0.3, 0.4) is 0 Å². The molecule has 0 fully saturated rings. The van der Waals surface area contributed by atoms with Gasteiger partial charge in [-0.05, 0) is 5.92 Å². The average molecular weight is 299 g/mol. The molecule has 0 spiro atoms. The van der Waals surface area contributed by atoms with Crippen LogP contribution in [0.1, 0.15) is 37.9 Å². The zero-order valence-corrected chi connectivity index (χ0v) is 11.8. The van der Waals surface area contributed by atoms with E-state index in [1.54, 1.807) is 0 Å². The van der Waals surface area contributed by atoms with Crippen LogP contribution in [0.5, 0.6) is 0 Å². The van der Waals surface area contributed by atoms with E-state index in [0.29, 0.717) is 5.82 Å². The molecular formula is C9H18ClN3O4P+. The number of alkyl halides is 1. The van der Waals surface area contributed by atoms with Crippen molar-refractivity contribution in [3.05, 3.63) is 12.2 Å². The van der Waals surface area contributed by atoms with Crippen molar-refractivity contribution in [1.29, 1.82) is 0 Å². The van der Waals surface area contributed by atoms with E-state index in [2.05, 4.69) is 15.2 Å². The highest BCUT2D eigenvalue weighted by atomic mass is 35.5. The molecule has 0 aliphatic rings. The fourth-order valence-corrected chi connectivity index (χ4v) is 1.83. The maximum Gasteiger partial charge on any atom is 0.692 e. The molecule has 0 bridgehead atoms. The summed E-state index contributed by atoms with van der Waals surface area (Å²) in [4.78, 5) is 18.2. The molecule has 0 aliphatic heterocycles. The molecule has 0 aromatic carbocycles. The van der Waals surface area contributed by atoms with Gasteiger partial charge in [-0.25, -0.2) is 4.98 Å². The lowest BCUT2D eigenvalue weighted by Gasteiger charge is -2.22. The van der Waals surface area contributed by atoms with Crippen LogP contribution >= 0.6 is 19.9 Å². The Labute approximate surface area is 111 Å². The van der Waals surface area contributed by atoms with E-state index in [9.17, 15) is 5.11 Å². The number of aliphatic hydroxyl groups excluding tert-OH is 1. The number of aromatic nitrogens is 3. The average Bonchev–Trinajstić information content (AvgIpc) is 2.82. The van der Waals surface area contributed by atoms with Crippen LogP contribution < -0.4 is 0 Å². The predicted molar refractivity (Wildman–Crippen MR) is 67.1 cm³/mol. The second-order valence-electron chi connectivity index (χ2n) is 3.59. The fraction of sp³-hybridized carbons (Fsp3) is 0.778. The van der Waals surface area contributed by atoms with Crippen LogP contribution in [-0.4, -0.2) is 36.2 Å². The molecule has 0 saturated carbocycles. The number of hydrogen-bond donors (Lipinski definition) is 4. The predicted octanol–water partition coefficient (Wildman–Crippen LogP) is 1.51. The van der Waals surface area contributed by atoms with Crippen molar-refractivity contribution < 1.29 is 19.5 Å². The summed E-state index contributed by atoms with van der Waals surface area (Å²) in [5.41, 5.74) is 0. The summed E-state index contributed by atoms with van der Waals surface area (Å²) in [5, 5.41) is 15.8. The van der Waals surface area contributed by atoms with Gasteiger partial charge in [0.1, 0.15) is 17.5 Å².